The third kappa shape index (κ3) is 3.32. The normalized spacial score (nSPS) is 18.3. The van der Waals surface area contributed by atoms with Gasteiger partial charge in [0.25, 0.3) is 0 Å². The van der Waals surface area contributed by atoms with Crippen LogP contribution in [0.2, 0.25) is 0 Å². The SMILES string of the molecule is COC(=O)[C@@H](C)CC1=CCCCC=N1. The molecule has 14 heavy (non-hydrogen) atoms. The Morgan fingerprint density at radius 1 is 1.64 bits per heavy atom. The van der Waals surface area contributed by atoms with Crippen LogP contribution in [0.3, 0.4) is 0 Å². The van der Waals surface area contributed by atoms with Crippen LogP contribution in [0.5, 0.6) is 0 Å². The molecule has 78 valence electrons. The summed E-state index contributed by atoms with van der Waals surface area (Å²) in [6.45, 7) is 1.87. The molecule has 1 aliphatic rings. The number of carbonyl (C=O) groups excluding carboxylic acids is 1. The molecule has 0 amide bonds. The molecule has 1 atom stereocenters. The largest absolute Gasteiger partial charge is 0.469 e. The molecule has 0 aromatic rings. The Hall–Kier alpha value is -1.12. The summed E-state index contributed by atoms with van der Waals surface area (Å²) in [7, 11) is 1.42. The molecule has 0 aliphatic carbocycles. The van der Waals surface area contributed by atoms with Crippen molar-refractivity contribution in [2.24, 2.45) is 10.9 Å². The van der Waals surface area contributed by atoms with E-state index in [9.17, 15) is 4.79 Å². The van der Waals surface area contributed by atoms with E-state index >= 15 is 0 Å². The molecule has 0 bridgehead atoms. The summed E-state index contributed by atoms with van der Waals surface area (Å²) in [5.41, 5.74) is 1.01. The van der Waals surface area contributed by atoms with Crippen molar-refractivity contribution in [3.8, 4) is 0 Å². The second-order valence-corrected chi connectivity index (χ2v) is 3.57. The van der Waals surface area contributed by atoms with Crippen LogP contribution < -0.4 is 0 Å². The molecule has 3 nitrogen and oxygen atoms in total. The lowest BCUT2D eigenvalue weighted by molar-refractivity contribution is -0.144. The average Bonchev–Trinajstić information content (AvgIpc) is 2.45. The van der Waals surface area contributed by atoms with Crippen molar-refractivity contribution in [1.29, 1.82) is 0 Å². The van der Waals surface area contributed by atoms with Gasteiger partial charge in [0.1, 0.15) is 0 Å². The molecule has 0 saturated heterocycles. The average molecular weight is 195 g/mol. The molecule has 0 spiro atoms. The smallest absolute Gasteiger partial charge is 0.308 e. The van der Waals surface area contributed by atoms with E-state index in [1.807, 2.05) is 13.1 Å². The predicted molar refractivity (Wildman–Crippen MR) is 56.2 cm³/mol. The third-order valence-corrected chi connectivity index (χ3v) is 2.29. The maximum Gasteiger partial charge on any atom is 0.308 e. The zero-order valence-corrected chi connectivity index (χ0v) is 8.82. The maximum absolute atomic E-state index is 11.2. The molecule has 0 radical (unpaired) electrons. The third-order valence-electron chi connectivity index (χ3n) is 2.29. The van der Waals surface area contributed by atoms with Gasteiger partial charge in [0.15, 0.2) is 0 Å². The van der Waals surface area contributed by atoms with E-state index in [-0.39, 0.29) is 11.9 Å². The first-order valence-electron chi connectivity index (χ1n) is 5.03. The van der Waals surface area contributed by atoms with Crippen molar-refractivity contribution in [2.45, 2.75) is 32.6 Å². The number of nitrogens with zero attached hydrogens (tertiary/aromatic N) is 1. The molecular formula is C11H17NO2. The highest BCUT2D eigenvalue weighted by molar-refractivity contribution is 5.72. The second kappa shape index (κ2) is 5.58. The molecule has 0 fully saturated rings. The van der Waals surface area contributed by atoms with Gasteiger partial charge in [-0.15, -0.1) is 0 Å². The van der Waals surface area contributed by atoms with Crippen LogP contribution in [0.25, 0.3) is 0 Å². The zero-order chi connectivity index (χ0) is 10.4. The number of ether oxygens (including phenoxy) is 1. The Bertz CT molecular complexity index is 256. The summed E-state index contributed by atoms with van der Waals surface area (Å²) >= 11 is 0. The van der Waals surface area contributed by atoms with Gasteiger partial charge in [-0.3, -0.25) is 9.79 Å². The molecule has 0 aromatic carbocycles. The van der Waals surface area contributed by atoms with Gasteiger partial charge in [0, 0.05) is 18.3 Å². The summed E-state index contributed by atoms with van der Waals surface area (Å²) in [6.07, 6.45) is 7.98. The van der Waals surface area contributed by atoms with Crippen LogP contribution in [-0.2, 0) is 9.53 Å². The van der Waals surface area contributed by atoms with Gasteiger partial charge >= 0.3 is 5.97 Å². The van der Waals surface area contributed by atoms with Crippen molar-refractivity contribution < 1.29 is 9.53 Å². The van der Waals surface area contributed by atoms with Crippen molar-refractivity contribution in [2.75, 3.05) is 7.11 Å². The van der Waals surface area contributed by atoms with E-state index in [4.69, 9.17) is 0 Å². The first kappa shape index (κ1) is 11.0. The Morgan fingerprint density at radius 2 is 2.43 bits per heavy atom. The number of hydrogen-bond acceptors (Lipinski definition) is 3. The van der Waals surface area contributed by atoms with Gasteiger partial charge in [-0.25, -0.2) is 0 Å². The molecular weight excluding hydrogens is 178 g/mol. The molecule has 0 unspecified atom stereocenters. The van der Waals surface area contributed by atoms with E-state index in [1.54, 1.807) is 0 Å². The van der Waals surface area contributed by atoms with E-state index in [2.05, 4.69) is 15.8 Å². The predicted octanol–water partition coefficient (Wildman–Crippen LogP) is 2.32. The van der Waals surface area contributed by atoms with Gasteiger partial charge in [-0.2, -0.15) is 0 Å². The first-order chi connectivity index (χ1) is 6.74. The quantitative estimate of drug-likeness (QED) is 0.648. The lowest BCUT2D eigenvalue weighted by atomic mass is 10.1. The van der Waals surface area contributed by atoms with Crippen LogP contribution >= 0.6 is 0 Å². The van der Waals surface area contributed by atoms with Gasteiger partial charge in [0.2, 0.25) is 0 Å². The van der Waals surface area contributed by atoms with Crippen LogP contribution in [-0.4, -0.2) is 19.3 Å². The molecule has 0 N–H and O–H groups in total. The molecule has 1 aliphatic heterocycles. The minimum atomic E-state index is -0.162. The van der Waals surface area contributed by atoms with E-state index in [1.165, 1.54) is 7.11 Å². The number of methoxy groups -OCH3 is 1. The topological polar surface area (TPSA) is 38.7 Å². The fraction of sp³-hybridized carbons (Fsp3) is 0.636. The highest BCUT2D eigenvalue weighted by atomic mass is 16.5. The molecule has 3 heteroatoms. The van der Waals surface area contributed by atoms with Crippen LogP contribution in [0, 0.1) is 5.92 Å². The Morgan fingerprint density at radius 3 is 3.14 bits per heavy atom. The van der Waals surface area contributed by atoms with Crippen molar-refractivity contribution >= 4 is 12.2 Å². The maximum atomic E-state index is 11.2. The lowest BCUT2D eigenvalue weighted by Crippen LogP contribution is -2.12. The number of carbonyl (C=O) groups is 1. The zero-order valence-electron chi connectivity index (χ0n) is 8.82. The standard InChI is InChI=1S/C11H17NO2/c1-9(11(13)14-2)8-10-6-4-3-5-7-12-10/h6-7,9H,3-5,8H2,1-2H3/t9-/m0/s1. The Kier molecular flexibility index (Phi) is 4.36. The van der Waals surface area contributed by atoms with Gasteiger partial charge in [0.05, 0.1) is 13.0 Å². The number of allylic oxidation sites excluding steroid dienone is 2. The summed E-state index contributed by atoms with van der Waals surface area (Å²) in [6, 6.07) is 0. The number of esters is 1. The van der Waals surface area contributed by atoms with E-state index in [0.717, 1.165) is 25.0 Å². The number of aliphatic imine (C=N–C) groups is 1. The van der Waals surface area contributed by atoms with Crippen molar-refractivity contribution in [3.63, 3.8) is 0 Å². The fourth-order valence-corrected chi connectivity index (χ4v) is 1.45. The Labute approximate surface area is 84.9 Å². The van der Waals surface area contributed by atoms with E-state index in [0.29, 0.717) is 6.42 Å². The second-order valence-electron chi connectivity index (χ2n) is 3.57. The molecule has 1 rings (SSSR count). The van der Waals surface area contributed by atoms with Crippen LogP contribution in [0.15, 0.2) is 16.8 Å². The highest BCUT2D eigenvalue weighted by Crippen LogP contribution is 2.17. The highest BCUT2D eigenvalue weighted by Gasteiger charge is 2.14. The lowest BCUT2D eigenvalue weighted by Gasteiger charge is -2.08. The fourth-order valence-electron chi connectivity index (χ4n) is 1.45. The number of hydrogen-bond donors (Lipinski definition) is 0. The van der Waals surface area contributed by atoms with Gasteiger partial charge in [-0.05, 0) is 19.3 Å². The van der Waals surface area contributed by atoms with Crippen LogP contribution in [0.1, 0.15) is 32.6 Å². The summed E-state index contributed by atoms with van der Waals surface area (Å²) in [5.74, 6) is -0.258. The van der Waals surface area contributed by atoms with Crippen molar-refractivity contribution in [1.82, 2.24) is 0 Å². The van der Waals surface area contributed by atoms with Crippen LogP contribution in [0.4, 0.5) is 0 Å². The monoisotopic (exact) mass is 195 g/mol. The minimum Gasteiger partial charge on any atom is -0.469 e. The molecule has 0 aromatic heterocycles. The van der Waals surface area contributed by atoms with E-state index < -0.39 is 0 Å². The molecule has 1 heterocycles. The van der Waals surface area contributed by atoms with Gasteiger partial charge < -0.3 is 4.74 Å². The van der Waals surface area contributed by atoms with Crippen molar-refractivity contribution in [3.05, 3.63) is 11.8 Å². The summed E-state index contributed by atoms with van der Waals surface area (Å²) in [5, 5.41) is 0. The minimum absolute atomic E-state index is 0.0958. The number of rotatable bonds is 3. The first-order valence-corrected chi connectivity index (χ1v) is 5.03. The Balaban J connectivity index is 2.49. The van der Waals surface area contributed by atoms with Gasteiger partial charge in [-0.1, -0.05) is 13.0 Å². The summed E-state index contributed by atoms with van der Waals surface area (Å²) < 4.78 is 4.67. The summed E-state index contributed by atoms with van der Waals surface area (Å²) in [4.78, 5) is 15.5. The molecule has 0 saturated carbocycles.